The summed E-state index contributed by atoms with van der Waals surface area (Å²) in [6, 6.07) is 5.84. The van der Waals surface area contributed by atoms with Crippen LogP contribution in [0.25, 0.3) is 0 Å². The Morgan fingerprint density at radius 3 is 2.60 bits per heavy atom. The van der Waals surface area contributed by atoms with E-state index in [4.69, 9.17) is 22.1 Å². The summed E-state index contributed by atoms with van der Waals surface area (Å²) in [5.41, 5.74) is 7.33. The molecule has 0 amide bonds. The summed E-state index contributed by atoms with van der Waals surface area (Å²) in [6.07, 6.45) is 4.53. The van der Waals surface area contributed by atoms with Crippen molar-refractivity contribution in [2.24, 2.45) is 5.73 Å². The zero-order valence-corrected chi connectivity index (χ0v) is 9.68. The van der Waals surface area contributed by atoms with Crippen LogP contribution < -0.4 is 10.5 Å². The molecule has 0 aliphatic heterocycles. The maximum absolute atomic E-state index is 6.36. The molecule has 1 aromatic carbocycles. The summed E-state index contributed by atoms with van der Waals surface area (Å²) in [7, 11) is 1.63. The molecule has 0 atom stereocenters. The van der Waals surface area contributed by atoms with Crippen LogP contribution in [0.1, 0.15) is 31.2 Å². The fraction of sp³-hybridized carbons (Fsp3) is 0.500. The predicted molar refractivity (Wildman–Crippen MR) is 62.3 cm³/mol. The molecule has 0 aromatic heterocycles. The Labute approximate surface area is 95.4 Å². The lowest BCUT2D eigenvalue weighted by Gasteiger charge is -2.24. The van der Waals surface area contributed by atoms with Gasteiger partial charge in [-0.3, -0.25) is 0 Å². The number of halogens is 1. The maximum atomic E-state index is 6.36. The van der Waals surface area contributed by atoms with Crippen LogP contribution in [-0.2, 0) is 5.54 Å². The van der Waals surface area contributed by atoms with Crippen molar-refractivity contribution in [3.05, 3.63) is 28.8 Å². The molecule has 2 rings (SSSR count). The lowest BCUT2D eigenvalue weighted by molar-refractivity contribution is 0.408. The fourth-order valence-corrected chi connectivity index (χ4v) is 2.46. The number of nitrogens with two attached hydrogens (primary N) is 1. The molecule has 0 radical (unpaired) electrons. The Kier molecular flexibility index (Phi) is 2.89. The Bertz CT molecular complexity index is 359. The summed E-state index contributed by atoms with van der Waals surface area (Å²) in [5, 5.41) is 0.642. The standard InChI is InChI=1S/C12H16ClNO/c1-15-11-8-9(4-5-10(11)13)12(14)6-2-3-7-12/h4-5,8H,2-3,6-7,14H2,1H3. The van der Waals surface area contributed by atoms with Gasteiger partial charge in [0.15, 0.2) is 0 Å². The van der Waals surface area contributed by atoms with E-state index in [1.807, 2.05) is 18.2 Å². The van der Waals surface area contributed by atoms with Crippen molar-refractivity contribution in [3.8, 4) is 5.75 Å². The first kappa shape index (κ1) is 10.8. The molecule has 1 aliphatic carbocycles. The van der Waals surface area contributed by atoms with Gasteiger partial charge in [0.1, 0.15) is 5.75 Å². The van der Waals surface area contributed by atoms with Gasteiger partial charge in [0.2, 0.25) is 0 Å². The van der Waals surface area contributed by atoms with E-state index in [1.54, 1.807) is 7.11 Å². The van der Waals surface area contributed by atoms with Crippen LogP contribution in [0.15, 0.2) is 18.2 Å². The highest BCUT2D eigenvalue weighted by atomic mass is 35.5. The fourth-order valence-electron chi connectivity index (χ4n) is 2.26. The minimum absolute atomic E-state index is 0.169. The predicted octanol–water partition coefficient (Wildman–Crippen LogP) is 3.08. The molecule has 1 fully saturated rings. The van der Waals surface area contributed by atoms with Gasteiger partial charge in [0.25, 0.3) is 0 Å². The Hall–Kier alpha value is -0.730. The molecule has 0 spiro atoms. The van der Waals surface area contributed by atoms with Crippen molar-refractivity contribution < 1.29 is 4.74 Å². The normalized spacial score (nSPS) is 19.1. The first-order chi connectivity index (χ1) is 7.15. The van der Waals surface area contributed by atoms with Crippen molar-refractivity contribution in [1.29, 1.82) is 0 Å². The topological polar surface area (TPSA) is 35.2 Å². The lowest BCUT2D eigenvalue weighted by atomic mass is 9.89. The smallest absolute Gasteiger partial charge is 0.137 e. The molecule has 2 nitrogen and oxygen atoms in total. The quantitative estimate of drug-likeness (QED) is 0.840. The molecule has 0 bridgehead atoms. The Morgan fingerprint density at radius 2 is 2.00 bits per heavy atom. The third-order valence-corrected chi connectivity index (χ3v) is 3.53. The molecular weight excluding hydrogens is 210 g/mol. The van der Waals surface area contributed by atoms with Crippen molar-refractivity contribution in [3.63, 3.8) is 0 Å². The third kappa shape index (κ3) is 1.97. The van der Waals surface area contributed by atoms with Crippen LogP contribution in [0, 0.1) is 0 Å². The van der Waals surface area contributed by atoms with Crippen molar-refractivity contribution in [2.75, 3.05) is 7.11 Å². The van der Waals surface area contributed by atoms with E-state index in [0.717, 1.165) is 18.4 Å². The van der Waals surface area contributed by atoms with Gasteiger partial charge >= 0.3 is 0 Å². The number of ether oxygens (including phenoxy) is 1. The molecule has 2 N–H and O–H groups in total. The van der Waals surface area contributed by atoms with Crippen molar-refractivity contribution in [1.82, 2.24) is 0 Å². The van der Waals surface area contributed by atoms with E-state index in [0.29, 0.717) is 10.8 Å². The van der Waals surface area contributed by atoms with Gasteiger partial charge < -0.3 is 10.5 Å². The summed E-state index contributed by atoms with van der Waals surface area (Å²) in [5.74, 6) is 0.714. The first-order valence-corrected chi connectivity index (χ1v) is 5.66. The molecular formula is C12H16ClNO. The van der Waals surface area contributed by atoms with Crippen LogP contribution in [0.3, 0.4) is 0 Å². The van der Waals surface area contributed by atoms with E-state index in [2.05, 4.69) is 0 Å². The van der Waals surface area contributed by atoms with Gasteiger partial charge in [0, 0.05) is 5.54 Å². The zero-order valence-electron chi connectivity index (χ0n) is 8.92. The molecule has 1 aliphatic rings. The molecule has 1 aromatic rings. The van der Waals surface area contributed by atoms with E-state index in [9.17, 15) is 0 Å². The van der Waals surface area contributed by atoms with E-state index in [-0.39, 0.29) is 5.54 Å². The van der Waals surface area contributed by atoms with Crippen LogP contribution >= 0.6 is 11.6 Å². The van der Waals surface area contributed by atoms with E-state index < -0.39 is 0 Å². The highest BCUT2D eigenvalue weighted by Crippen LogP contribution is 2.38. The van der Waals surface area contributed by atoms with Crippen molar-refractivity contribution in [2.45, 2.75) is 31.2 Å². The van der Waals surface area contributed by atoms with Crippen LogP contribution in [-0.4, -0.2) is 7.11 Å². The second-order valence-corrected chi connectivity index (χ2v) is 4.62. The lowest BCUT2D eigenvalue weighted by Crippen LogP contribution is -2.32. The van der Waals surface area contributed by atoms with Crippen LogP contribution in [0.4, 0.5) is 0 Å². The SMILES string of the molecule is COc1cc(C2(N)CCCC2)ccc1Cl. The third-order valence-electron chi connectivity index (χ3n) is 3.22. The second-order valence-electron chi connectivity index (χ2n) is 4.21. The molecule has 0 saturated heterocycles. The highest BCUT2D eigenvalue weighted by Gasteiger charge is 2.31. The summed E-state index contributed by atoms with van der Waals surface area (Å²) in [6.45, 7) is 0. The van der Waals surface area contributed by atoms with Gasteiger partial charge in [-0.25, -0.2) is 0 Å². The Balaban J connectivity index is 2.36. The monoisotopic (exact) mass is 225 g/mol. The summed E-state index contributed by atoms with van der Waals surface area (Å²) < 4.78 is 5.20. The van der Waals surface area contributed by atoms with Gasteiger partial charge in [-0.15, -0.1) is 0 Å². The summed E-state index contributed by atoms with van der Waals surface area (Å²) in [4.78, 5) is 0. The first-order valence-electron chi connectivity index (χ1n) is 5.29. The average Bonchev–Trinajstić information content (AvgIpc) is 2.67. The van der Waals surface area contributed by atoms with Crippen LogP contribution in [0.5, 0.6) is 5.75 Å². The number of methoxy groups -OCH3 is 1. The molecule has 1 saturated carbocycles. The zero-order chi connectivity index (χ0) is 10.9. The summed E-state index contributed by atoms with van der Waals surface area (Å²) >= 11 is 5.98. The maximum Gasteiger partial charge on any atom is 0.137 e. The Morgan fingerprint density at radius 1 is 1.33 bits per heavy atom. The largest absolute Gasteiger partial charge is 0.495 e. The van der Waals surface area contributed by atoms with E-state index in [1.165, 1.54) is 12.8 Å². The molecule has 0 unspecified atom stereocenters. The van der Waals surface area contributed by atoms with Gasteiger partial charge in [0.05, 0.1) is 12.1 Å². The van der Waals surface area contributed by atoms with Crippen molar-refractivity contribution >= 4 is 11.6 Å². The van der Waals surface area contributed by atoms with Crippen LogP contribution in [0.2, 0.25) is 5.02 Å². The van der Waals surface area contributed by atoms with Gasteiger partial charge in [-0.1, -0.05) is 30.5 Å². The minimum atomic E-state index is -0.169. The molecule has 3 heteroatoms. The molecule has 0 heterocycles. The average molecular weight is 226 g/mol. The molecule has 82 valence electrons. The number of hydrogen-bond acceptors (Lipinski definition) is 2. The molecule has 15 heavy (non-hydrogen) atoms. The number of benzene rings is 1. The van der Waals surface area contributed by atoms with Gasteiger partial charge in [-0.2, -0.15) is 0 Å². The number of hydrogen-bond donors (Lipinski definition) is 1. The van der Waals surface area contributed by atoms with E-state index >= 15 is 0 Å². The van der Waals surface area contributed by atoms with Gasteiger partial charge in [-0.05, 0) is 30.5 Å². The number of rotatable bonds is 2. The highest BCUT2D eigenvalue weighted by molar-refractivity contribution is 6.32. The minimum Gasteiger partial charge on any atom is -0.495 e. The second kappa shape index (κ2) is 4.03.